The van der Waals surface area contributed by atoms with Gasteiger partial charge in [-0.1, -0.05) is 12.1 Å². The molecule has 0 fully saturated rings. The molecular formula is C16H18N2O2S. The van der Waals surface area contributed by atoms with Crippen molar-refractivity contribution in [3.8, 4) is 0 Å². The summed E-state index contributed by atoms with van der Waals surface area (Å²) in [4.78, 5) is 11.8. The van der Waals surface area contributed by atoms with Gasteiger partial charge in [-0.05, 0) is 48.8 Å². The Morgan fingerprint density at radius 2 is 2.10 bits per heavy atom. The number of nitrogens with zero attached hydrogens (tertiary/aromatic N) is 1. The lowest BCUT2D eigenvalue weighted by Crippen LogP contribution is -2.27. The van der Waals surface area contributed by atoms with Gasteiger partial charge in [0.25, 0.3) is 5.69 Å². The number of nitro groups is 1. The van der Waals surface area contributed by atoms with E-state index in [2.05, 4.69) is 23.7 Å². The maximum absolute atomic E-state index is 10.7. The lowest BCUT2D eigenvalue weighted by molar-refractivity contribution is -0.384. The van der Waals surface area contributed by atoms with Gasteiger partial charge in [-0.25, -0.2) is 0 Å². The first-order valence-corrected chi connectivity index (χ1v) is 8.10. The lowest BCUT2D eigenvalue weighted by atomic mass is 9.93. The number of aryl methyl sites for hydroxylation is 1. The van der Waals surface area contributed by atoms with Crippen molar-refractivity contribution in [2.75, 3.05) is 0 Å². The largest absolute Gasteiger partial charge is 0.303 e. The van der Waals surface area contributed by atoms with Crippen molar-refractivity contribution < 1.29 is 4.92 Å². The van der Waals surface area contributed by atoms with Gasteiger partial charge >= 0.3 is 0 Å². The van der Waals surface area contributed by atoms with Crippen LogP contribution in [-0.2, 0) is 6.42 Å². The SMILES string of the molecule is CC(NC1CCCc2sccc21)c1ccc([N+](=O)[O-])cc1. The quantitative estimate of drug-likeness (QED) is 0.673. The molecule has 0 saturated carbocycles. The Labute approximate surface area is 128 Å². The molecule has 1 aliphatic carbocycles. The molecular weight excluding hydrogens is 284 g/mol. The van der Waals surface area contributed by atoms with Crippen LogP contribution >= 0.6 is 11.3 Å². The van der Waals surface area contributed by atoms with Gasteiger partial charge in [0.05, 0.1) is 4.92 Å². The summed E-state index contributed by atoms with van der Waals surface area (Å²) in [6.07, 6.45) is 3.57. The summed E-state index contributed by atoms with van der Waals surface area (Å²) in [5, 5.41) is 16.5. The van der Waals surface area contributed by atoms with Crippen molar-refractivity contribution in [2.24, 2.45) is 0 Å². The van der Waals surface area contributed by atoms with Crippen LogP contribution in [0.3, 0.4) is 0 Å². The molecule has 2 aromatic rings. The van der Waals surface area contributed by atoms with E-state index in [0.717, 1.165) is 12.0 Å². The fourth-order valence-electron chi connectivity index (χ4n) is 2.94. The van der Waals surface area contributed by atoms with E-state index in [1.807, 2.05) is 23.5 Å². The van der Waals surface area contributed by atoms with E-state index >= 15 is 0 Å². The van der Waals surface area contributed by atoms with Crippen LogP contribution in [0.2, 0.25) is 0 Å². The third-order valence-electron chi connectivity index (χ3n) is 4.11. The van der Waals surface area contributed by atoms with Gasteiger partial charge in [-0.3, -0.25) is 10.1 Å². The van der Waals surface area contributed by atoms with Crippen molar-refractivity contribution in [3.05, 3.63) is 61.8 Å². The second-order valence-electron chi connectivity index (χ2n) is 5.48. The highest BCUT2D eigenvalue weighted by atomic mass is 32.1. The average Bonchev–Trinajstić information content (AvgIpc) is 2.97. The summed E-state index contributed by atoms with van der Waals surface area (Å²) in [6, 6.07) is 9.63. The van der Waals surface area contributed by atoms with Gasteiger partial charge in [0, 0.05) is 29.1 Å². The highest BCUT2D eigenvalue weighted by Crippen LogP contribution is 2.34. The summed E-state index contributed by atoms with van der Waals surface area (Å²) in [6.45, 7) is 2.11. The molecule has 1 aliphatic rings. The smallest absolute Gasteiger partial charge is 0.269 e. The molecule has 0 bridgehead atoms. The minimum atomic E-state index is -0.360. The molecule has 21 heavy (non-hydrogen) atoms. The highest BCUT2D eigenvalue weighted by molar-refractivity contribution is 7.10. The molecule has 0 saturated heterocycles. The van der Waals surface area contributed by atoms with Crippen LogP contribution in [0.1, 0.15) is 47.9 Å². The molecule has 0 aliphatic heterocycles. The summed E-state index contributed by atoms with van der Waals surface area (Å²) < 4.78 is 0. The van der Waals surface area contributed by atoms with Crippen LogP contribution in [0, 0.1) is 10.1 Å². The number of benzene rings is 1. The minimum absolute atomic E-state index is 0.142. The van der Waals surface area contributed by atoms with Crippen LogP contribution in [0.15, 0.2) is 35.7 Å². The minimum Gasteiger partial charge on any atom is -0.303 e. The van der Waals surface area contributed by atoms with E-state index < -0.39 is 0 Å². The van der Waals surface area contributed by atoms with Crippen molar-refractivity contribution in [2.45, 2.75) is 38.3 Å². The summed E-state index contributed by atoms with van der Waals surface area (Å²) in [5.74, 6) is 0. The van der Waals surface area contributed by atoms with Crippen LogP contribution in [0.5, 0.6) is 0 Å². The molecule has 2 unspecified atom stereocenters. The fourth-order valence-corrected chi connectivity index (χ4v) is 3.93. The normalized spacial score (nSPS) is 19.0. The number of fused-ring (bicyclic) bond motifs is 1. The molecule has 3 rings (SSSR count). The van der Waals surface area contributed by atoms with Crippen LogP contribution in [0.25, 0.3) is 0 Å². The molecule has 2 atom stereocenters. The van der Waals surface area contributed by atoms with Gasteiger partial charge in [-0.15, -0.1) is 11.3 Å². The summed E-state index contributed by atoms with van der Waals surface area (Å²) in [7, 11) is 0. The van der Waals surface area contributed by atoms with Crippen molar-refractivity contribution >= 4 is 17.0 Å². The van der Waals surface area contributed by atoms with E-state index in [-0.39, 0.29) is 16.7 Å². The number of non-ortho nitro benzene ring substituents is 1. The Balaban J connectivity index is 1.72. The first kappa shape index (κ1) is 14.2. The number of thiophene rings is 1. The molecule has 0 radical (unpaired) electrons. The molecule has 110 valence electrons. The number of hydrogen-bond acceptors (Lipinski definition) is 4. The van der Waals surface area contributed by atoms with E-state index in [1.165, 1.54) is 23.3 Å². The molecule has 4 nitrogen and oxygen atoms in total. The number of nitro benzene ring substituents is 1. The van der Waals surface area contributed by atoms with E-state index in [1.54, 1.807) is 12.1 Å². The Morgan fingerprint density at radius 1 is 1.33 bits per heavy atom. The number of hydrogen-bond donors (Lipinski definition) is 1. The van der Waals surface area contributed by atoms with Gasteiger partial charge in [0.1, 0.15) is 0 Å². The van der Waals surface area contributed by atoms with E-state index in [4.69, 9.17) is 0 Å². The molecule has 1 aromatic heterocycles. The first-order chi connectivity index (χ1) is 10.1. The monoisotopic (exact) mass is 302 g/mol. The Bertz CT molecular complexity index is 636. The highest BCUT2D eigenvalue weighted by Gasteiger charge is 2.22. The molecule has 0 spiro atoms. The van der Waals surface area contributed by atoms with Gasteiger partial charge in [-0.2, -0.15) is 0 Å². The van der Waals surface area contributed by atoms with Crippen molar-refractivity contribution in [1.82, 2.24) is 5.32 Å². The van der Waals surface area contributed by atoms with Crippen LogP contribution in [0.4, 0.5) is 5.69 Å². The lowest BCUT2D eigenvalue weighted by Gasteiger charge is -2.27. The third-order valence-corrected chi connectivity index (χ3v) is 5.10. The Hall–Kier alpha value is -1.72. The zero-order valence-electron chi connectivity index (χ0n) is 11.9. The fraction of sp³-hybridized carbons (Fsp3) is 0.375. The molecule has 5 heteroatoms. The maximum Gasteiger partial charge on any atom is 0.269 e. The van der Waals surface area contributed by atoms with Crippen LogP contribution < -0.4 is 5.32 Å². The predicted octanol–water partition coefficient (Wildman–Crippen LogP) is 4.38. The number of nitrogens with one attached hydrogen (secondary N) is 1. The third kappa shape index (κ3) is 2.99. The predicted molar refractivity (Wildman–Crippen MR) is 84.6 cm³/mol. The average molecular weight is 302 g/mol. The van der Waals surface area contributed by atoms with Gasteiger partial charge < -0.3 is 5.32 Å². The van der Waals surface area contributed by atoms with Gasteiger partial charge in [0.2, 0.25) is 0 Å². The Morgan fingerprint density at radius 3 is 2.81 bits per heavy atom. The van der Waals surface area contributed by atoms with Gasteiger partial charge in [0.15, 0.2) is 0 Å². The van der Waals surface area contributed by atoms with Crippen molar-refractivity contribution in [1.29, 1.82) is 0 Å². The standard InChI is InChI=1S/C16H18N2O2S/c1-11(12-5-7-13(8-6-12)18(19)20)17-15-3-2-4-16-14(15)9-10-21-16/h5-11,15,17H,2-4H2,1H3. The Kier molecular flexibility index (Phi) is 4.03. The molecule has 1 N–H and O–H groups in total. The second-order valence-corrected chi connectivity index (χ2v) is 6.48. The first-order valence-electron chi connectivity index (χ1n) is 7.22. The molecule has 0 amide bonds. The second kappa shape index (κ2) is 5.95. The topological polar surface area (TPSA) is 55.2 Å². The van der Waals surface area contributed by atoms with Crippen LogP contribution in [-0.4, -0.2) is 4.92 Å². The van der Waals surface area contributed by atoms with Crippen molar-refractivity contribution in [3.63, 3.8) is 0 Å². The zero-order chi connectivity index (χ0) is 14.8. The summed E-state index contributed by atoms with van der Waals surface area (Å²) in [5.41, 5.74) is 2.66. The number of rotatable bonds is 4. The molecule has 1 heterocycles. The zero-order valence-corrected chi connectivity index (χ0v) is 12.7. The molecule has 1 aromatic carbocycles. The van der Waals surface area contributed by atoms with E-state index in [0.29, 0.717) is 6.04 Å². The maximum atomic E-state index is 10.7. The van der Waals surface area contributed by atoms with E-state index in [9.17, 15) is 10.1 Å². The summed E-state index contributed by atoms with van der Waals surface area (Å²) >= 11 is 1.84.